The Kier molecular flexibility index (Phi) is 4.35. The number of nitrogens with one attached hydrogen (secondary N) is 1. The molecule has 1 aliphatic rings. The van der Waals surface area contributed by atoms with Crippen LogP contribution in [-0.4, -0.2) is 34.6 Å². The van der Waals surface area contributed by atoms with Gasteiger partial charge >= 0.3 is 6.18 Å². The molecule has 11 heteroatoms. The van der Waals surface area contributed by atoms with Gasteiger partial charge in [0.25, 0.3) is 5.91 Å². The molecule has 0 radical (unpaired) electrons. The number of carbonyl (C=O) groups excluding carboxylic acids is 1. The highest BCUT2D eigenvalue weighted by atomic mass is 32.1. The SMILES string of the molecule is O=C(Nc1nccs1)C1(F)CCN(c2ncc(C(F)(F)F)cc2F)C1. The van der Waals surface area contributed by atoms with Crippen LogP contribution >= 0.6 is 11.3 Å². The molecular weight excluding hydrogens is 367 g/mol. The molecule has 1 aliphatic heterocycles. The maximum atomic E-state index is 14.8. The van der Waals surface area contributed by atoms with Crippen molar-refractivity contribution in [1.82, 2.24) is 9.97 Å². The molecule has 1 saturated heterocycles. The molecule has 1 amide bonds. The van der Waals surface area contributed by atoms with E-state index in [0.29, 0.717) is 12.3 Å². The van der Waals surface area contributed by atoms with Crippen molar-refractivity contribution in [1.29, 1.82) is 0 Å². The Balaban J connectivity index is 1.75. The maximum Gasteiger partial charge on any atom is 0.417 e. The van der Waals surface area contributed by atoms with Crippen LogP contribution in [0.15, 0.2) is 23.8 Å². The normalized spacial score (nSPS) is 20.8. The van der Waals surface area contributed by atoms with E-state index >= 15 is 0 Å². The Morgan fingerprint density at radius 2 is 2.12 bits per heavy atom. The van der Waals surface area contributed by atoms with Gasteiger partial charge in [0.15, 0.2) is 16.8 Å². The van der Waals surface area contributed by atoms with Crippen molar-refractivity contribution in [2.45, 2.75) is 18.3 Å². The fourth-order valence-electron chi connectivity index (χ4n) is 2.45. The number of carbonyl (C=O) groups is 1. The van der Waals surface area contributed by atoms with E-state index in [1.807, 2.05) is 0 Å². The van der Waals surface area contributed by atoms with Gasteiger partial charge in [0.1, 0.15) is 0 Å². The van der Waals surface area contributed by atoms with Crippen LogP contribution in [0.3, 0.4) is 0 Å². The van der Waals surface area contributed by atoms with Gasteiger partial charge in [-0.05, 0) is 6.07 Å². The smallest absolute Gasteiger partial charge is 0.350 e. The van der Waals surface area contributed by atoms with Gasteiger partial charge < -0.3 is 4.90 Å². The van der Waals surface area contributed by atoms with Crippen molar-refractivity contribution in [3.63, 3.8) is 0 Å². The Labute approximate surface area is 142 Å². The highest BCUT2D eigenvalue weighted by Gasteiger charge is 2.46. The zero-order valence-corrected chi connectivity index (χ0v) is 13.3. The second-order valence-corrected chi connectivity index (χ2v) is 6.35. The Hall–Kier alpha value is -2.30. The molecule has 25 heavy (non-hydrogen) atoms. The number of alkyl halides is 4. The van der Waals surface area contributed by atoms with Gasteiger partial charge in [-0.2, -0.15) is 13.2 Å². The van der Waals surface area contributed by atoms with Gasteiger partial charge in [-0.1, -0.05) is 0 Å². The van der Waals surface area contributed by atoms with Gasteiger partial charge in [0.2, 0.25) is 5.67 Å². The van der Waals surface area contributed by atoms with Crippen molar-refractivity contribution in [2.75, 3.05) is 23.3 Å². The average molecular weight is 378 g/mol. The largest absolute Gasteiger partial charge is 0.417 e. The van der Waals surface area contributed by atoms with Crippen LogP contribution in [0.25, 0.3) is 0 Å². The summed E-state index contributed by atoms with van der Waals surface area (Å²) < 4.78 is 66.4. The molecule has 0 aromatic carbocycles. The monoisotopic (exact) mass is 378 g/mol. The van der Waals surface area contributed by atoms with Crippen molar-refractivity contribution in [2.24, 2.45) is 0 Å². The Bertz CT molecular complexity index is 782. The molecule has 3 heterocycles. The van der Waals surface area contributed by atoms with E-state index in [2.05, 4.69) is 15.3 Å². The maximum absolute atomic E-state index is 14.8. The number of anilines is 2. The molecule has 2 aromatic rings. The number of amides is 1. The zero-order chi connectivity index (χ0) is 18.2. The molecule has 1 atom stereocenters. The van der Waals surface area contributed by atoms with Crippen molar-refractivity contribution in [3.8, 4) is 0 Å². The lowest BCUT2D eigenvalue weighted by atomic mass is 10.1. The van der Waals surface area contributed by atoms with Crippen molar-refractivity contribution < 1.29 is 26.7 Å². The van der Waals surface area contributed by atoms with Gasteiger partial charge in [-0.15, -0.1) is 11.3 Å². The second kappa shape index (κ2) is 6.21. The minimum Gasteiger partial charge on any atom is -0.350 e. The summed E-state index contributed by atoms with van der Waals surface area (Å²) in [5.41, 5.74) is -3.55. The first-order valence-corrected chi connectivity index (χ1v) is 7.94. The van der Waals surface area contributed by atoms with E-state index < -0.39 is 41.5 Å². The fourth-order valence-corrected chi connectivity index (χ4v) is 2.98. The van der Waals surface area contributed by atoms with E-state index in [4.69, 9.17) is 0 Å². The highest BCUT2D eigenvalue weighted by molar-refractivity contribution is 7.13. The van der Waals surface area contributed by atoms with Crippen LogP contribution < -0.4 is 10.2 Å². The second-order valence-electron chi connectivity index (χ2n) is 5.46. The van der Waals surface area contributed by atoms with Crippen molar-refractivity contribution in [3.05, 3.63) is 35.2 Å². The van der Waals surface area contributed by atoms with E-state index in [9.17, 15) is 26.7 Å². The number of hydrogen-bond donors (Lipinski definition) is 1. The van der Waals surface area contributed by atoms with Crippen LogP contribution in [0.5, 0.6) is 0 Å². The number of pyridine rings is 1. The molecule has 0 aliphatic carbocycles. The third kappa shape index (κ3) is 3.55. The van der Waals surface area contributed by atoms with Crippen LogP contribution in [0.2, 0.25) is 0 Å². The van der Waals surface area contributed by atoms with Crippen molar-refractivity contribution >= 4 is 28.2 Å². The minimum absolute atomic E-state index is 0.0585. The Morgan fingerprint density at radius 3 is 2.72 bits per heavy atom. The molecule has 5 nitrogen and oxygen atoms in total. The number of aromatic nitrogens is 2. The van der Waals surface area contributed by atoms with E-state index in [1.165, 1.54) is 6.20 Å². The summed E-state index contributed by atoms with van der Waals surface area (Å²) in [5, 5.41) is 4.15. The molecule has 2 aromatic heterocycles. The molecule has 0 spiro atoms. The summed E-state index contributed by atoms with van der Waals surface area (Å²) in [6, 6.07) is 0.302. The molecule has 0 bridgehead atoms. The topological polar surface area (TPSA) is 58.1 Å². The van der Waals surface area contributed by atoms with Crippen LogP contribution in [0.4, 0.5) is 32.9 Å². The first kappa shape index (κ1) is 17.5. The van der Waals surface area contributed by atoms with Crippen LogP contribution in [0.1, 0.15) is 12.0 Å². The number of halogens is 5. The summed E-state index contributed by atoms with van der Waals surface area (Å²) in [6.07, 6.45) is -3.05. The highest BCUT2D eigenvalue weighted by Crippen LogP contribution is 2.34. The number of rotatable bonds is 3. The number of hydrogen-bond acceptors (Lipinski definition) is 5. The van der Waals surface area contributed by atoms with E-state index in [0.717, 1.165) is 16.2 Å². The molecule has 1 N–H and O–H groups in total. The van der Waals surface area contributed by atoms with Crippen LogP contribution in [0, 0.1) is 5.82 Å². The molecule has 0 saturated carbocycles. The van der Waals surface area contributed by atoms with Crippen LogP contribution in [-0.2, 0) is 11.0 Å². The van der Waals surface area contributed by atoms with Gasteiger partial charge in [0.05, 0.1) is 12.1 Å². The summed E-state index contributed by atoms with van der Waals surface area (Å²) >= 11 is 1.11. The lowest BCUT2D eigenvalue weighted by molar-refractivity contribution is -0.138. The molecule has 1 fully saturated rings. The lowest BCUT2D eigenvalue weighted by Crippen LogP contribution is -2.41. The third-order valence-electron chi connectivity index (χ3n) is 3.73. The Morgan fingerprint density at radius 1 is 1.36 bits per heavy atom. The molecule has 1 unspecified atom stereocenters. The number of thiazole rings is 1. The summed E-state index contributed by atoms with van der Waals surface area (Å²) in [4.78, 5) is 20.4. The fraction of sp³-hybridized carbons (Fsp3) is 0.357. The third-order valence-corrected chi connectivity index (χ3v) is 4.42. The predicted molar refractivity (Wildman–Crippen MR) is 80.6 cm³/mol. The quantitative estimate of drug-likeness (QED) is 0.833. The standard InChI is InChI=1S/C14H11F5N4OS/c15-9-5-8(14(17,18)19)6-21-10(9)23-3-1-13(16,7-23)11(24)22-12-20-2-4-25-12/h2,4-6H,1,3,7H2,(H,20,22,24). The summed E-state index contributed by atoms with van der Waals surface area (Å²) in [5.74, 6) is -2.58. The van der Waals surface area contributed by atoms with E-state index in [-0.39, 0.29) is 18.1 Å². The lowest BCUT2D eigenvalue weighted by Gasteiger charge is -2.21. The van der Waals surface area contributed by atoms with Gasteiger partial charge in [-0.25, -0.2) is 18.7 Å². The molecule has 134 valence electrons. The van der Waals surface area contributed by atoms with Gasteiger partial charge in [-0.3, -0.25) is 10.1 Å². The molecular formula is C14H11F5N4OS. The first-order valence-electron chi connectivity index (χ1n) is 7.07. The minimum atomic E-state index is -4.73. The van der Waals surface area contributed by atoms with E-state index in [1.54, 1.807) is 5.38 Å². The predicted octanol–water partition coefficient (Wildman–Crippen LogP) is 3.25. The summed E-state index contributed by atoms with van der Waals surface area (Å²) in [6.45, 7) is -0.573. The van der Waals surface area contributed by atoms with Gasteiger partial charge in [0, 0.05) is 30.7 Å². The molecule has 3 rings (SSSR count). The summed E-state index contributed by atoms with van der Waals surface area (Å²) in [7, 11) is 0. The average Bonchev–Trinajstić information content (AvgIpc) is 3.17. The zero-order valence-electron chi connectivity index (χ0n) is 12.5. The number of nitrogens with zero attached hydrogens (tertiary/aromatic N) is 3. The first-order chi connectivity index (χ1) is 11.7.